The predicted molar refractivity (Wildman–Crippen MR) is 152 cm³/mol. The molecule has 2 atom stereocenters. The molecule has 0 aliphatic carbocycles. The molecule has 1 aliphatic heterocycles. The van der Waals surface area contributed by atoms with Crippen LogP contribution in [0.15, 0.2) is 77.4 Å². The summed E-state index contributed by atoms with van der Waals surface area (Å²) in [7, 11) is 3.37. The maximum Gasteiger partial charge on any atom is 0.249 e. The molecule has 198 valence electrons. The number of anilines is 1. The van der Waals surface area contributed by atoms with Crippen molar-refractivity contribution in [3.05, 3.63) is 84.1 Å². The monoisotopic (exact) mass is 533 g/mol. The predicted octanol–water partition coefficient (Wildman–Crippen LogP) is 5.10. The van der Waals surface area contributed by atoms with Crippen molar-refractivity contribution in [3.8, 4) is 17.1 Å². The van der Waals surface area contributed by atoms with Crippen molar-refractivity contribution in [2.45, 2.75) is 38.4 Å². The van der Waals surface area contributed by atoms with E-state index in [-0.39, 0.29) is 24.2 Å². The van der Waals surface area contributed by atoms with Gasteiger partial charge in [0.1, 0.15) is 17.6 Å². The van der Waals surface area contributed by atoms with Crippen molar-refractivity contribution in [3.63, 3.8) is 0 Å². The number of hydrogen-bond donors (Lipinski definition) is 2. The molecule has 38 heavy (non-hydrogen) atoms. The summed E-state index contributed by atoms with van der Waals surface area (Å²) in [6.45, 7) is 2.09. The number of hydrogen-bond acceptors (Lipinski definition) is 5. The van der Waals surface area contributed by atoms with Gasteiger partial charge >= 0.3 is 0 Å². The van der Waals surface area contributed by atoms with Crippen LogP contribution >= 0.6 is 12.4 Å². The van der Waals surface area contributed by atoms with E-state index in [4.69, 9.17) is 9.15 Å². The van der Waals surface area contributed by atoms with E-state index in [0.717, 1.165) is 38.9 Å². The molecule has 5 rings (SSSR count). The van der Waals surface area contributed by atoms with E-state index < -0.39 is 12.1 Å². The lowest BCUT2D eigenvalue weighted by Gasteiger charge is -2.28. The number of nitrogens with zero attached hydrogens (tertiary/aromatic N) is 1. The lowest BCUT2D eigenvalue weighted by atomic mass is 9.99. The number of likely N-dealkylation sites (N-methyl/N-ethyl adjacent to an activating group) is 1. The molecule has 0 unspecified atom stereocenters. The average Bonchev–Trinajstić information content (AvgIpc) is 3.44. The largest absolute Gasteiger partial charge is 0.496 e. The van der Waals surface area contributed by atoms with Gasteiger partial charge in [0.15, 0.2) is 0 Å². The molecule has 0 radical (unpaired) electrons. The quantitative estimate of drug-likeness (QED) is 0.345. The van der Waals surface area contributed by atoms with Gasteiger partial charge in [-0.25, -0.2) is 0 Å². The topological polar surface area (TPSA) is 83.8 Å². The Morgan fingerprint density at radius 1 is 1.13 bits per heavy atom. The summed E-state index contributed by atoms with van der Waals surface area (Å²) in [5, 5.41) is 7.92. The summed E-state index contributed by atoms with van der Waals surface area (Å²) >= 11 is 0. The van der Waals surface area contributed by atoms with Gasteiger partial charge in [-0.15, -0.1) is 12.4 Å². The minimum absolute atomic E-state index is 0. The van der Waals surface area contributed by atoms with Crippen LogP contribution in [-0.4, -0.2) is 38.1 Å². The Bertz CT molecular complexity index is 1440. The van der Waals surface area contributed by atoms with Crippen LogP contribution in [0.3, 0.4) is 0 Å². The van der Waals surface area contributed by atoms with Crippen LogP contribution in [0.1, 0.15) is 24.5 Å². The molecular formula is C30H32ClN3O4. The summed E-state index contributed by atoms with van der Waals surface area (Å²) in [5.41, 5.74) is 3.82. The average molecular weight is 534 g/mol. The van der Waals surface area contributed by atoms with Crippen molar-refractivity contribution in [2.75, 3.05) is 19.1 Å². The van der Waals surface area contributed by atoms with Gasteiger partial charge in [-0.1, -0.05) is 36.4 Å². The fourth-order valence-electron chi connectivity index (χ4n) is 4.92. The number of halogens is 1. The fraction of sp³-hybridized carbons (Fsp3) is 0.267. The first kappa shape index (κ1) is 27.2. The van der Waals surface area contributed by atoms with Gasteiger partial charge in [0.25, 0.3) is 0 Å². The van der Waals surface area contributed by atoms with E-state index >= 15 is 0 Å². The lowest BCUT2D eigenvalue weighted by Crippen LogP contribution is -2.52. The molecule has 1 aliphatic rings. The Morgan fingerprint density at radius 2 is 1.95 bits per heavy atom. The first-order valence-corrected chi connectivity index (χ1v) is 12.5. The number of benzene rings is 3. The normalized spacial score (nSPS) is 15.8. The molecule has 2 amide bonds. The number of para-hydroxylation sites is 1. The van der Waals surface area contributed by atoms with Crippen LogP contribution in [0.2, 0.25) is 0 Å². The Labute approximate surface area is 228 Å². The van der Waals surface area contributed by atoms with Crippen molar-refractivity contribution in [1.29, 1.82) is 0 Å². The summed E-state index contributed by atoms with van der Waals surface area (Å²) in [4.78, 5) is 28.4. The molecule has 2 N–H and O–H groups in total. The molecule has 0 spiro atoms. The summed E-state index contributed by atoms with van der Waals surface area (Å²) in [6.07, 6.45) is 2.89. The second kappa shape index (κ2) is 11.7. The number of nitrogens with one attached hydrogen (secondary N) is 2. The summed E-state index contributed by atoms with van der Waals surface area (Å²) < 4.78 is 11.3. The Hall–Kier alpha value is -3.81. The third-order valence-corrected chi connectivity index (χ3v) is 7.12. The van der Waals surface area contributed by atoms with E-state index in [0.29, 0.717) is 25.1 Å². The summed E-state index contributed by atoms with van der Waals surface area (Å²) in [5.74, 6) is 1.18. The number of furan rings is 1. The SMILES string of the molecule is CN[C@@H](C)C(=O)N[C@H]1CCc2ccccc2N(Cc2c(OC)ccc3cc(-c4ccco4)ccc23)C1=O.Cl. The zero-order chi connectivity index (χ0) is 25.9. The van der Waals surface area contributed by atoms with Gasteiger partial charge in [-0.3, -0.25) is 9.59 Å². The molecule has 0 saturated carbocycles. The van der Waals surface area contributed by atoms with Crippen LogP contribution in [0, 0.1) is 0 Å². The number of fused-ring (bicyclic) bond motifs is 2. The molecule has 4 aromatic rings. The molecule has 7 nitrogen and oxygen atoms in total. The highest BCUT2D eigenvalue weighted by Crippen LogP contribution is 2.35. The van der Waals surface area contributed by atoms with Crippen LogP contribution in [0.5, 0.6) is 5.75 Å². The Balaban J connectivity index is 0.00000336. The Morgan fingerprint density at radius 3 is 2.68 bits per heavy atom. The van der Waals surface area contributed by atoms with Crippen LogP contribution in [0.4, 0.5) is 5.69 Å². The van der Waals surface area contributed by atoms with Gasteiger partial charge in [0, 0.05) is 16.8 Å². The number of rotatable bonds is 7. The Kier molecular flexibility index (Phi) is 8.39. The molecule has 1 aromatic heterocycles. The highest BCUT2D eigenvalue weighted by molar-refractivity contribution is 6.02. The maximum absolute atomic E-state index is 13.9. The van der Waals surface area contributed by atoms with Gasteiger partial charge in [-0.2, -0.15) is 0 Å². The number of carbonyl (C=O) groups is 2. The maximum atomic E-state index is 13.9. The van der Waals surface area contributed by atoms with Crippen LogP contribution in [-0.2, 0) is 22.6 Å². The molecule has 0 bridgehead atoms. The second-order valence-corrected chi connectivity index (χ2v) is 9.32. The van der Waals surface area contributed by atoms with Gasteiger partial charge in [-0.05, 0) is 73.5 Å². The van der Waals surface area contributed by atoms with E-state index in [9.17, 15) is 9.59 Å². The first-order chi connectivity index (χ1) is 18.0. The number of carbonyl (C=O) groups excluding carboxylic acids is 2. The third kappa shape index (κ3) is 5.26. The molecule has 8 heteroatoms. The molecule has 3 aromatic carbocycles. The van der Waals surface area contributed by atoms with E-state index in [1.165, 1.54) is 0 Å². The third-order valence-electron chi connectivity index (χ3n) is 7.12. The molecule has 0 fully saturated rings. The van der Waals surface area contributed by atoms with Gasteiger partial charge < -0.3 is 24.7 Å². The minimum atomic E-state index is -0.623. The van der Waals surface area contributed by atoms with E-state index in [1.54, 1.807) is 32.2 Å². The number of aryl methyl sites for hydroxylation is 1. The van der Waals surface area contributed by atoms with Gasteiger partial charge in [0.05, 0.1) is 26.0 Å². The standard InChI is InChI=1S/C30H31N3O4.ClH/c1-19(31-2)29(34)32-25-14-11-20-7-4-5-8-26(20)33(30(25)35)18-24-23-13-10-22(27-9-6-16-37-27)17-21(23)12-15-28(24)36-3;/h4-10,12-13,15-17,19,25,31H,11,14,18H2,1-3H3,(H,32,34);1H/t19-,25-;/m0./s1. The molecular weight excluding hydrogens is 502 g/mol. The lowest BCUT2D eigenvalue weighted by molar-refractivity contribution is -0.128. The summed E-state index contributed by atoms with van der Waals surface area (Å²) in [6, 6.07) is 20.8. The molecule has 0 saturated heterocycles. The highest BCUT2D eigenvalue weighted by atomic mass is 35.5. The van der Waals surface area contributed by atoms with Crippen molar-refractivity contribution in [1.82, 2.24) is 10.6 Å². The number of amides is 2. The zero-order valence-corrected chi connectivity index (χ0v) is 22.5. The van der Waals surface area contributed by atoms with Gasteiger partial charge in [0.2, 0.25) is 11.8 Å². The van der Waals surface area contributed by atoms with Crippen LogP contribution < -0.4 is 20.3 Å². The zero-order valence-electron chi connectivity index (χ0n) is 21.7. The van der Waals surface area contributed by atoms with Crippen molar-refractivity contribution < 1.29 is 18.7 Å². The van der Waals surface area contributed by atoms with E-state index in [2.05, 4.69) is 16.7 Å². The van der Waals surface area contributed by atoms with Crippen LogP contribution in [0.25, 0.3) is 22.1 Å². The van der Waals surface area contributed by atoms with Crippen molar-refractivity contribution >= 4 is 40.7 Å². The molecule has 2 heterocycles. The van der Waals surface area contributed by atoms with E-state index in [1.807, 2.05) is 60.7 Å². The number of methoxy groups -OCH3 is 1. The first-order valence-electron chi connectivity index (χ1n) is 12.5. The second-order valence-electron chi connectivity index (χ2n) is 9.32. The minimum Gasteiger partial charge on any atom is -0.496 e. The fourth-order valence-corrected chi connectivity index (χ4v) is 4.92. The number of ether oxygens (including phenoxy) is 1. The van der Waals surface area contributed by atoms with Crippen molar-refractivity contribution in [2.24, 2.45) is 0 Å². The highest BCUT2D eigenvalue weighted by Gasteiger charge is 2.33. The smallest absolute Gasteiger partial charge is 0.249 e.